The SMILES string of the molecule is CNCCCC(C)Oc1c(C)nn(C)c1C. The maximum Gasteiger partial charge on any atom is 0.163 e. The Balaban J connectivity index is 2.52. The highest BCUT2D eigenvalue weighted by atomic mass is 16.5. The summed E-state index contributed by atoms with van der Waals surface area (Å²) in [6.45, 7) is 7.18. The molecule has 1 rings (SSSR count). The first-order valence-electron chi connectivity index (χ1n) is 5.87. The van der Waals surface area contributed by atoms with Crippen molar-refractivity contribution in [2.75, 3.05) is 13.6 Å². The molecule has 1 aromatic heterocycles. The molecule has 0 bridgehead atoms. The molecule has 16 heavy (non-hydrogen) atoms. The monoisotopic (exact) mass is 225 g/mol. The third kappa shape index (κ3) is 3.23. The molecule has 0 saturated heterocycles. The van der Waals surface area contributed by atoms with Gasteiger partial charge >= 0.3 is 0 Å². The van der Waals surface area contributed by atoms with Gasteiger partial charge in [0.25, 0.3) is 0 Å². The zero-order valence-corrected chi connectivity index (χ0v) is 11.0. The Morgan fingerprint density at radius 3 is 2.62 bits per heavy atom. The fourth-order valence-electron chi connectivity index (χ4n) is 1.75. The van der Waals surface area contributed by atoms with Crippen molar-refractivity contribution in [1.29, 1.82) is 0 Å². The van der Waals surface area contributed by atoms with Crippen molar-refractivity contribution in [3.8, 4) is 5.75 Å². The Kier molecular flexibility index (Phi) is 4.80. The van der Waals surface area contributed by atoms with Gasteiger partial charge in [0.1, 0.15) is 5.69 Å². The quantitative estimate of drug-likeness (QED) is 0.750. The van der Waals surface area contributed by atoms with Gasteiger partial charge in [0.2, 0.25) is 0 Å². The van der Waals surface area contributed by atoms with Crippen LogP contribution in [0.2, 0.25) is 0 Å². The molecule has 0 spiro atoms. The molecule has 1 aromatic rings. The van der Waals surface area contributed by atoms with Crippen LogP contribution in [0.5, 0.6) is 5.75 Å². The van der Waals surface area contributed by atoms with Crippen molar-refractivity contribution in [3.63, 3.8) is 0 Å². The Morgan fingerprint density at radius 1 is 1.44 bits per heavy atom. The largest absolute Gasteiger partial charge is 0.487 e. The Morgan fingerprint density at radius 2 is 2.12 bits per heavy atom. The van der Waals surface area contributed by atoms with Crippen LogP contribution in [0.1, 0.15) is 31.2 Å². The van der Waals surface area contributed by atoms with Gasteiger partial charge in [-0.25, -0.2) is 0 Å². The minimum atomic E-state index is 0.245. The van der Waals surface area contributed by atoms with Crippen molar-refractivity contribution in [1.82, 2.24) is 15.1 Å². The van der Waals surface area contributed by atoms with Gasteiger partial charge in [-0.2, -0.15) is 5.10 Å². The molecule has 1 heterocycles. The average Bonchev–Trinajstić information content (AvgIpc) is 2.46. The summed E-state index contributed by atoms with van der Waals surface area (Å²) in [6.07, 6.45) is 2.44. The van der Waals surface area contributed by atoms with Gasteiger partial charge in [0, 0.05) is 7.05 Å². The van der Waals surface area contributed by atoms with Gasteiger partial charge in [-0.1, -0.05) is 0 Å². The second-order valence-corrected chi connectivity index (χ2v) is 4.30. The second kappa shape index (κ2) is 5.89. The van der Waals surface area contributed by atoms with Gasteiger partial charge < -0.3 is 10.1 Å². The molecule has 0 saturated carbocycles. The predicted molar refractivity (Wildman–Crippen MR) is 65.9 cm³/mol. The number of hydrogen-bond donors (Lipinski definition) is 1. The molecule has 0 radical (unpaired) electrons. The summed E-state index contributed by atoms with van der Waals surface area (Å²) >= 11 is 0. The minimum Gasteiger partial charge on any atom is -0.487 e. The highest BCUT2D eigenvalue weighted by Crippen LogP contribution is 2.23. The van der Waals surface area contributed by atoms with E-state index in [1.54, 1.807) is 0 Å². The molecule has 4 nitrogen and oxygen atoms in total. The molecule has 1 N–H and O–H groups in total. The van der Waals surface area contributed by atoms with Crippen LogP contribution in [0.15, 0.2) is 0 Å². The van der Waals surface area contributed by atoms with E-state index in [1.807, 2.05) is 32.6 Å². The van der Waals surface area contributed by atoms with E-state index >= 15 is 0 Å². The summed E-state index contributed by atoms with van der Waals surface area (Å²) in [5.41, 5.74) is 2.07. The Labute approximate surface area is 98.0 Å². The normalized spacial score (nSPS) is 12.8. The van der Waals surface area contributed by atoms with Gasteiger partial charge in [-0.05, 0) is 47.2 Å². The summed E-state index contributed by atoms with van der Waals surface area (Å²) in [4.78, 5) is 0. The number of nitrogens with zero attached hydrogens (tertiary/aromatic N) is 2. The van der Waals surface area contributed by atoms with E-state index in [2.05, 4.69) is 17.3 Å². The van der Waals surface area contributed by atoms with Crippen LogP contribution in [-0.4, -0.2) is 29.5 Å². The van der Waals surface area contributed by atoms with Crippen molar-refractivity contribution < 1.29 is 4.74 Å². The summed E-state index contributed by atoms with van der Waals surface area (Å²) in [5, 5.41) is 7.48. The van der Waals surface area contributed by atoms with Gasteiger partial charge in [-0.15, -0.1) is 0 Å². The fourth-order valence-corrected chi connectivity index (χ4v) is 1.75. The molecular weight excluding hydrogens is 202 g/mol. The molecule has 0 aliphatic heterocycles. The average molecular weight is 225 g/mol. The summed E-state index contributed by atoms with van der Waals surface area (Å²) in [6, 6.07) is 0. The fraction of sp³-hybridized carbons (Fsp3) is 0.750. The number of rotatable bonds is 6. The Hall–Kier alpha value is -1.03. The summed E-state index contributed by atoms with van der Waals surface area (Å²) in [7, 11) is 3.92. The molecule has 1 unspecified atom stereocenters. The molecule has 0 aliphatic rings. The van der Waals surface area contributed by atoms with Crippen LogP contribution in [0.3, 0.4) is 0 Å². The number of nitrogens with one attached hydrogen (secondary N) is 1. The highest BCUT2D eigenvalue weighted by Gasteiger charge is 2.13. The summed E-state index contributed by atoms with van der Waals surface area (Å²) < 4.78 is 7.80. The standard InChI is InChI=1S/C12H23N3O/c1-9(7-6-8-13-4)16-12-10(2)14-15(5)11(12)3/h9,13H,6-8H2,1-5H3. The first-order valence-corrected chi connectivity index (χ1v) is 5.87. The van der Waals surface area contributed by atoms with Crippen molar-refractivity contribution >= 4 is 0 Å². The van der Waals surface area contributed by atoms with Crippen LogP contribution in [-0.2, 0) is 7.05 Å². The van der Waals surface area contributed by atoms with E-state index in [9.17, 15) is 0 Å². The lowest BCUT2D eigenvalue weighted by Gasteiger charge is -2.14. The molecule has 4 heteroatoms. The van der Waals surface area contributed by atoms with Crippen LogP contribution < -0.4 is 10.1 Å². The van der Waals surface area contributed by atoms with E-state index < -0.39 is 0 Å². The second-order valence-electron chi connectivity index (χ2n) is 4.30. The first kappa shape index (κ1) is 13.0. The van der Waals surface area contributed by atoms with Crippen molar-refractivity contribution in [3.05, 3.63) is 11.4 Å². The van der Waals surface area contributed by atoms with Crippen LogP contribution >= 0.6 is 0 Å². The number of aromatic nitrogens is 2. The maximum absolute atomic E-state index is 5.93. The molecule has 0 aliphatic carbocycles. The van der Waals surface area contributed by atoms with E-state index in [4.69, 9.17) is 4.74 Å². The third-order valence-electron chi connectivity index (χ3n) is 2.80. The smallest absolute Gasteiger partial charge is 0.163 e. The molecule has 92 valence electrons. The number of ether oxygens (including phenoxy) is 1. The first-order chi connectivity index (χ1) is 7.56. The number of hydrogen-bond acceptors (Lipinski definition) is 3. The third-order valence-corrected chi connectivity index (χ3v) is 2.80. The van der Waals surface area contributed by atoms with Crippen LogP contribution in [0.4, 0.5) is 0 Å². The van der Waals surface area contributed by atoms with Crippen LogP contribution in [0.25, 0.3) is 0 Å². The molecule has 0 amide bonds. The summed E-state index contributed by atoms with van der Waals surface area (Å²) in [5.74, 6) is 0.944. The maximum atomic E-state index is 5.93. The Bertz CT molecular complexity index is 333. The van der Waals surface area contributed by atoms with E-state index in [0.29, 0.717) is 0 Å². The van der Waals surface area contributed by atoms with E-state index in [-0.39, 0.29) is 6.10 Å². The zero-order valence-electron chi connectivity index (χ0n) is 11.0. The topological polar surface area (TPSA) is 39.1 Å². The number of aryl methyl sites for hydroxylation is 2. The van der Waals surface area contributed by atoms with Gasteiger partial charge in [-0.3, -0.25) is 4.68 Å². The van der Waals surface area contributed by atoms with Gasteiger partial charge in [0.05, 0.1) is 11.8 Å². The van der Waals surface area contributed by atoms with Crippen LogP contribution in [0, 0.1) is 13.8 Å². The van der Waals surface area contributed by atoms with E-state index in [1.165, 1.54) is 0 Å². The zero-order chi connectivity index (χ0) is 12.1. The highest BCUT2D eigenvalue weighted by molar-refractivity contribution is 5.31. The minimum absolute atomic E-state index is 0.245. The van der Waals surface area contributed by atoms with Crippen molar-refractivity contribution in [2.24, 2.45) is 7.05 Å². The van der Waals surface area contributed by atoms with Crippen molar-refractivity contribution in [2.45, 2.75) is 39.7 Å². The van der Waals surface area contributed by atoms with Gasteiger partial charge in [0.15, 0.2) is 5.75 Å². The molecule has 0 fully saturated rings. The molecular formula is C12H23N3O. The van der Waals surface area contributed by atoms with E-state index in [0.717, 1.165) is 36.5 Å². The lowest BCUT2D eigenvalue weighted by molar-refractivity contribution is 0.205. The molecule has 1 atom stereocenters. The predicted octanol–water partition coefficient (Wildman–Crippen LogP) is 1.80. The lowest BCUT2D eigenvalue weighted by Crippen LogP contribution is -2.16. The molecule has 0 aromatic carbocycles. The lowest BCUT2D eigenvalue weighted by atomic mass is 10.2.